The van der Waals surface area contributed by atoms with Crippen molar-refractivity contribution in [3.63, 3.8) is 0 Å². The molecule has 1 saturated carbocycles. The topological polar surface area (TPSA) is 27.7 Å². The third kappa shape index (κ3) is 1.81. The number of hydrogen-bond acceptors (Lipinski definition) is 3. The summed E-state index contributed by atoms with van der Waals surface area (Å²) in [6.07, 6.45) is 6.47. The van der Waals surface area contributed by atoms with Crippen LogP contribution in [0.1, 0.15) is 59.8 Å². The van der Waals surface area contributed by atoms with E-state index in [0.29, 0.717) is 11.5 Å². The molecule has 2 saturated heterocycles. The van der Waals surface area contributed by atoms with Gasteiger partial charge in [-0.2, -0.15) is 0 Å². The molecule has 0 N–H and O–H groups in total. The van der Waals surface area contributed by atoms with Crippen molar-refractivity contribution < 1.29 is 14.2 Å². The molecule has 3 fully saturated rings. The largest absolute Gasteiger partial charge is 0.374 e. The Labute approximate surface area is 117 Å². The van der Waals surface area contributed by atoms with E-state index in [0.717, 1.165) is 19.6 Å². The van der Waals surface area contributed by atoms with E-state index in [1.807, 2.05) is 0 Å². The van der Waals surface area contributed by atoms with Crippen LogP contribution in [0.2, 0.25) is 0 Å². The third-order valence-corrected chi connectivity index (χ3v) is 6.02. The molecule has 110 valence electrons. The average Bonchev–Trinajstić information content (AvgIpc) is 2.87. The molecular weight excluding hydrogens is 240 g/mol. The molecule has 2 heterocycles. The molecule has 1 spiro atoms. The molecule has 1 aliphatic carbocycles. The molecule has 3 nitrogen and oxygen atoms in total. The van der Waals surface area contributed by atoms with Gasteiger partial charge in [0.05, 0.1) is 25.4 Å². The molecule has 3 rings (SSSR count). The summed E-state index contributed by atoms with van der Waals surface area (Å²) in [4.78, 5) is 0. The Morgan fingerprint density at radius 1 is 1.05 bits per heavy atom. The van der Waals surface area contributed by atoms with E-state index in [1.54, 1.807) is 0 Å². The Morgan fingerprint density at radius 2 is 1.74 bits per heavy atom. The van der Waals surface area contributed by atoms with Crippen molar-refractivity contribution >= 4 is 0 Å². The van der Waals surface area contributed by atoms with Gasteiger partial charge in [-0.3, -0.25) is 0 Å². The lowest BCUT2D eigenvalue weighted by atomic mass is 9.54. The van der Waals surface area contributed by atoms with Crippen LogP contribution >= 0.6 is 0 Å². The van der Waals surface area contributed by atoms with Gasteiger partial charge in [-0.25, -0.2) is 0 Å². The normalized spacial score (nSPS) is 44.2. The zero-order valence-corrected chi connectivity index (χ0v) is 12.8. The van der Waals surface area contributed by atoms with Crippen LogP contribution in [0.15, 0.2) is 0 Å². The molecular formula is C16H28O3. The summed E-state index contributed by atoms with van der Waals surface area (Å²) in [7, 11) is 0. The molecule has 0 aromatic heterocycles. The highest BCUT2D eigenvalue weighted by atomic mass is 16.7. The van der Waals surface area contributed by atoms with Crippen molar-refractivity contribution in [3.8, 4) is 0 Å². The summed E-state index contributed by atoms with van der Waals surface area (Å²) in [5.41, 5.74) is 0.253. The van der Waals surface area contributed by atoms with E-state index in [9.17, 15) is 0 Å². The van der Waals surface area contributed by atoms with Gasteiger partial charge in [0.25, 0.3) is 0 Å². The molecule has 3 atom stereocenters. The second-order valence-electron chi connectivity index (χ2n) is 7.25. The maximum absolute atomic E-state index is 6.43. The quantitative estimate of drug-likeness (QED) is 0.728. The minimum Gasteiger partial charge on any atom is -0.374 e. The summed E-state index contributed by atoms with van der Waals surface area (Å²) < 4.78 is 18.6. The van der Waals surface area contributed by atoms with Crippen molar-refractivity contribution in [1.29, 1.82) is 0 Å². The first-order chi connectivity index (χ1) is 8.96. The molecule has 3 aliphatic rings. The predicted octanol–water partition coefficient (Wildman–Crippen LogP) is 3.51. The van der Waals surface area contributed by atoms with Crippen LogP contribution in [-0.4, -0.2) is 31.2 Å². The van der Waals surface area contributed by atoms with Crippen LogP contribution in [0, 0.1) is 10.8 Å². The van der Waals surface area contributed by atoms with Crippen molar-refractivity contribution in [2.75, 3.05) is 13.2 Å². The van der Waals surface area contributed by atoms with E-state index < -0.39 is 5.79 Å². The summed E-state index contributed by atoms with van der Waals surface area (Å²) in [5, 5.41) is 0. The highest BCUT2D eigenvalue weighted by Gasteiger charge is 2.64. The monoisotopic (exact) mass is 268 g/mol. The Balaban J connectivity index is 1.96. The van der Waals surface area contributed by atoms with Crippen LogP contribution in [0.25, 0.3) is 0 Å². The molecule has 0 aromatic rings. The molecule has 0 amide bonds. The van der Waals surface area contributed by atoms with Crippen molar-refractivity contribution in [2.24, 2.45) is 10.8 Å². The predicted molar refractivity (Wildman–Crippen MR) is 73.9 cm³/mol. The zero-order valence-electron chi connectivity index (χ0n) is 12.8. The van der Waals surface area contributed by atoms with E-state index in [2.05, 4.69) is 27.7 Å². The summed E-state index contributed by atoms with van der Waals surface area (Å²) in [6, 6.07) is 0. The van der Waals surface area contributed by atoms with Gasteiger partial charge in [-0.05, 0) is 38.0 Å². The second kappa shape index (κ2) is 4.44. The number of fused-ring (bicyclic) bond motifs is 1. The Bertz CT molecular complexity index is 346. The summed E-state index contributed by atoms with van der Waals surface area (Å²) in [6.45, 7) is 10.5. The maximum atomic E-state index is 6.43. The van der Waals surface area contributed by atoms with E-state index in [-0.39, 0.29) is 11.5 Å². The zero-order chi connectivity index (χ0) is 13.7. The van der Waals surface area contributed by atoms with Gasteiger partial charge >= 0.3 is 0 Å². The Morgan fingerprint density at radius 3 is 2.37 bits per heavy atom. The number of rotatable bonds is 1. The third-order valence-electron chi connectivity index (χ3n) is 6.02. The number of ether oxygens (including phenoxy) is 3. The van der Waals surface area contributed by atoms with Crippen LogP contribution in [0.5, 0.6) is 0 Å². The first-order valence-electron chi connectivity index (χ1n) is 7.89. The smallest absolute Gasteiger partial charge is 0.176 e. The van der Waals surface area contributed by atoms with E-state index >= 15 is 0 Å². The minimum absolute atomic E-state index is 0.0769. The second-order valence-corrected chi connectivity index (χ2v) is 7.25. The standard InChI is InChI=1S/C16H28O3/c1-5-15-7-6-12(2)19-13(15)14(3,4)16(9-8-15)17-10-11-18-16/h12-13H,5-11H2,1-4H3/t12-,13+,15?/m1/s1. The lowest BCUT2D eigenvalue weighted by Crippen LogP contribution is -2.64. The average molecular weight is 268 g/mol. The molecule has 2 aliphatic heterocycles. The van der Waals surface area contributed by atoms with Crippen LogP contribution < -0.4 is 0 Å². The van der Waals surface area contributed by atoms with Gasteiger partial charge < -0.3 is 14.2 Å². The highest BCUT2D eigenvalue weighted by molar-refractivity contribution is 5.09. The SMILES string of the molecule is CCC12CC[C@@H](C)O[C@H]1C(C)(C)C1(CC2)OCCO1. The summed E-state index contributed by atoms with van der Waals surface area (Å²) in [5.74, 6) is -0.409. The molecule has 19 heavy (non-hydrogen) atoms. The van der Waals surface area contributed by atoms with Gasteiger partial charge in [-0.1, -0.05) is 20.8 Å². The summed E-state index contributed by atoms with van der Waals surface area (Å²) >= 11 is 0. The lowest BCUT2D eigenvalue weighted by molar-refractivity contribution is -0.323. The maximum Gasteiger partial charge on any atom is 0.176 e. The van der Waals surface area contributed by atoms with Crippen molar-refractivity contribution in [2.45, 2.75) is 77.8 Å². The molecule has 0 bridgehead atoms. The molecule has 0 aromatic carbocycles. The van der Waals surface area contributed by atoms with Gasteiger partial charge in [0, 0.05) is 11.8 Å². The van der Waals surface area contributed by atoms with Gasteiger partial charge in [-0.15, -0.1) is 0 Å². The molecule has 1 unspecified atom stereocenters. The highest BCUT2D eigenvalue weighted by Crippen LogP contribution is 2.60. The minimum atomic E-state index is -0.409. The fourth-order valence-corrected chi connectivity index (χ4v) is 4.70. The molecule has 3 heteroatoms. The van der Waals surface area contributed by atoms with E-state index in [1.165, 1.54) is 25.7 Å². The van der Waals surface area contributed by atoms with Gasteiger partial charge in [0.15, 0.2) is 5.79 Å². The fourth-order valence-electron chi connectivity index (χ4n) is 4.70. The molecule has 0 radical (unpaired) electrons. The van der Waals surface area contributed by atoms with Gasteiger partial charge in [0.1, 0.15) is 0 Å². The first kappa shape index (κ1) is 13.8. The van der Waals surface area contributed by atoms with Crippen LogP contribution in [0.3, 0.4) is 0 Å². The number of hydrogen-bond donors (Lipinski definition) is 0. The Kier molecular flexibility index (Phi) is 3.23. The van der Waals surface area contributed by atoms with Crippen molar-refractivity contribution in [3.05, 3.63) is 0 Å². The van der Waals surface area contributed by atoms with Gasteiger partial charge in [0.2, 0.25) is 0 Å². The fraction of sp³-hybridized carbons (Fsp3) is 1.00. The van der Waals surface area contributed by atoms with E-state index in [4.69, 9.17) is 14.2 Å². The van der Waals surface area contributed by atoms with Crippen LogP contribution in [-0.2, 0) is 14.2 Å². The first-order valence-corrected chi connectivity index (χ1v) is 7.89. The Hall–Kier alpha value is -0.120. The van der Waals surface area contributed by atoms with Crippen molar-refractivity contribution in [1.82, 2.24) is 0 Å². The lowest BCUT2D eigenvalue weighted by Gasteiger charge is -2.61. The van der Waals surface area contributed by atoms with Crippen LogP contribution in [0.4, 0.5) is 0 Å².